The summed E-state index contributed by atoms with van der Waals surface area (Å²) < 4.78 is 22.8. The molecule has 0 saturated heterocycles. The molecule has 1 rings (SSSR count). The van der Waals surface area contributed by atoms with E-state index in [4.69, 9.17) is 5.14 Å². The minimum absolute atomic E-state index is 0.0332. The van der Waals surface area contributed by atoms with Crippen LogP contribution in [-0.2, 0) is 10.0 Å². The molecule has 0 aliphatic rings. The van der Waals surface area contributed by atoms with Gasteiger partial charge in [-0.25, -0.2) is 13.6 Å². The number of aryl methyl sites for hydroxylation is 1. The van der Waals surface area contributed by atoms with E-state index >= 15 is 0 Å². The summed E-state index contributed by atoms with van der Waals surface area (Å²) in [4.78, 5) is 12.2. The molecule has 118 valence electrons. The third-order valence-electron chi connectivity index (χ3n) is 3.47. The topological polar surface area (TPSA) is 89.3 Å². The van der Waals surface area contributed by atoms with Crippen molar-refractivity contribution in [3.8, 4) is 0 Å². The fraction of sp³-hybridized carbons (Fsp3) is 0.533. The summed E-state index contributed by atoms with van der Waals surface area (Å²) in [5.41, 5.74) is 0.997. The van der Waals surface area contributed by atoms with Crippen LogP contribution in [0, 0.1) is 12.8 Å². The Bertz CT molecular complexity index is 611. The number of sulfonamides is 1. The molecule has 2 atom stereocenters. The van der Waals surface area contributed by atoms with Crippen molar-refractivity contribution < 1.29 is 13.2 Å². The van der Waals surface area contributed by atoms with E-state index in [1.54, 1.807) is 13.0 Å². The van der Waals surface area contributed by atoms with Gasteiger partial charge in [-0.05, 0) is 49.9 Å². The zero-order valence-electron chi connectivity index (χ0n) is 13.0. The lowest BCUT2D eigenvalue weighted by Gasteiger charge is -2.18. The molecule has 0 fully saturated rings. The fourth-order valence-electron chi connectivity index (χ4n) is 2.18. The van der Waals surface area contributed by atoms with E-state index in [2.05, 4.69) is 19.2 Å². The van der Waals surface area contributed by atoms with Crippen LogP contribution in [0.5, 0.6) is 0 Å². The largest absolute Gasteiger partial charge is 0.350 e. The molecule has 6 heteroatoms. The monoisotopic (exact) mass is 312 g/mol. The average molecular weight is 312 g/mol. The van der Waals surface area contributed by atoms with E-state index in [0.717, 1.165) is 12.8 Å². The number of primary sulfonamides is 1. The molecule has 1 aromatic carbocycles. The van der Waals surface area contributed by atoms with Crippen LogP contribution >= 0.6 is 0 Å². The van der Waals surface area contributed by atoms with Gasteiger partial charge in [-0.15, -0.1) is 0 Å². The van der Waals surface area contributed by atoms with Crippen LogP contribution in [0.1, 0.15) is 49.5 Å². The highest BCUT2D eigenvalue weighted by atomic mass is 32.2. The first-order chi connectivity index (χ1) is 9.63. The Hall–Kier alpha value is -1.40. The van der Waals surface area contributed by atoms with Crippen molar-refractivity contribution >= 4 is 15.9 Å². The first kappa shape index (κ1) is 17.7. The SMILES string of the molecule is CCC(C)CC(C)NC(=O)c1cc(C)cc(S(N)(=O)=O)c1. The van der Waals surface area contributed by atoms with Gasteiger partial charge in [0.05, 0.1) is 4.90 Å². The third kappa shape index (κ3) is 5.47. The lowest BCUT2D eigenvalue weighted by atomic mass is 10.00. The van der Waals surface area contributed by atoms with E-state index in [9.17, 15) is 13.2 Å². The molecule has 1 amide bonds. The van der Waals surface area contributed by atoms with E-state index in [1.165, 1.54) is 12.1 Å². The molecule has 2 unspecified atom stereocenters. The number of nitrogens with two attached hydrogens (primary N) is 1. The van der Waals surface area contributed by atoms with Crippen LogP contribution in [0.25, 0.3) is 0 Å². The van der Waals surface area contributed by atoms with Gasteiger partial charge in [-0.2, -0.15) is 0 Å². The molecule has 0 heterocycles. The summed E-state index contributed by atoms with van der Waals surface area (Å²) >= 11 is 0. The molecular weight excluding hydrogens is 288 g/mol. The minimum Gasteiger partial charge on any atom is -0.350 e. The van der Waals surface area contributed by atoms with Gasteiger partial charge in [0.1, 0.15) is 0 Å². The number of carbonyl (C=O) groups excluding carboxylic acids is 1. The molecular formula is C15H24N2O3S. The number of nitrogens with one attached hydrogen (secondary N) is 1. The number of hydrogen-bond acceptors (Lipinski definition) is 3. The average Bonchev–Trinajstić information content (AvgIpc) is 2.36. The highest BCUT2D eigenvalue weighted by molar-refractivity contribution is 7.89. The van der Waals surface area contributed by atoms with E-state index < -0.39 is 10.0 Å². The van der Waals surface area contributed by atoms with Gasteiger partial charge >= 0.3 is 0 Å². The maximum Gasteiger partial charge on any atom is 0.251 e. The maximum atomic E-state index is 12.2. The second kappa shape index (κ2) is 7.04. The van der Waals surface area contributed by atoms with Crippen molar-refractivity contribution in [3.05, 3.63) is 29.3 Å². The van der Waals surface area contributed by atoms with Crippen LogP contribution in [0.4, 0.5) is 0 Å². The summed E-state index contributed by atoms with van der Waals surface area (Å²) in [5.74, 6) is 0.247. The highest BCUT2D eigenvalue weighted by Gasteiger charge is 2.16. The van der Waals surface area contributed by atoms with E-state index in [-0.39, 0.29) is 16.8 Å². The first-order valence-electron chi connectivity index (χ1n) is 7.08. The van der Waals surface area contributed by atoms with Crippen LogP contribution in [0.3, 0.4) is 0 Å². The summed E-state index contributed by atoms with van der Waals surface area (Å²) in [5, 5.41) is 8.01. The van der Waals surface area contributed by atoms with Gasteiger partial charge in [0.25, 0.3) is 5.91 Å². The summed E-state index contributed by atoms with van der Waals surface area (Å²) in [6.45, 7) is 7.92. The quantitative estimate of drug-likeness (QED) is 0.844. The van der Waals surface area contributed by atoms with Crippen molar-refractivity contribution in [3.63, 3.8) is 0 Å². The van der Waals surface area contributed by atoms with E-state index in [0.29, 0.717) is 17.0 Å². The molecule has 21 heavy (non-hydrogen) atoms. The molecule has 3 N–H and O–H groups in total. The number of rotatable bonds is 6. The second-order valence-electron chi connectivity index (χ2n) is 5.70. The van der Waals surface area contributed by atoms with Gasteiger partial charge in [-0.1, -0.05) is 20.3 Å². The van der Waals surface area contributed by atoms with E-state index in [1.807, 2.05) is 6.92 Å². The predicted molar refractivity (Wildman–Crippen MR) is 83.6 cm³/mol. The van der Waals surface area contributed by atoms with Gasteiger partial charge in [0, 0.05) is 11.6 Å². The molecule has 0 bridgehead atoms. The normalized spacial score (nSPS) is 14.5. The van der Waals surface area contributed by atoms with Gasteiger partial charge in [-0.3, -0.25) is 4.79 Å². The Labute approximate surface area is 127 Å². The molecule has 1 aromatic rings. The smallest absolute Gasteiger partial charge is 0.251 e. The number of amides is 1. The lowest BCUT2D eigenvalue weighted by Crippen LogP contribution is -2.33. The highest BCUT2D eigenvalue weighted by Crippen LogP contribution is 2.15. The maximum absolute atomic E-state index is 12.2. The van der Waals surface area contributed by atoms with Crippen molar-refractivity contribution in [2.45, 2.75) is 51.5 Å². The standard InChI is InChI=1S/C15H24N2O3S/c1-5-10(2)6-12(4)17-15(18)13-7-11(3)8-14(9-13)21(16,19)20/h7-10,12H,5-6H2,1-4H3,(H,17,18)(H2,16,19,20). The van der Waals surface area contributed by atoms with Crippen LogP contribution in [0.2, 0.25) is 0 Å². The summed E-state index contributed by atoms with van der Waals surface area (Å²) in [6, 6.07) is 4.45. The predicted octanol–water partition coefficient (Wildman–Crippen LogP) is 2.20. The molecule has 0 aliphatic carbocycles. The van der Waals surface area contributed by atoms with Crippen molar-refractivity contribution in [1.29, 1.82) is 0 Å². The molecule has 0 aromatic heterocycles. The number of hydrogen-bond donors (Lipinski definition) is 2. The van der Waals surface area contributed by atoms with Gasteiger partial charge in [0.2, 0.25) is 10.0 Å². The minimum atomic E-state index is -3.81. The lowest BCUT2D eigenvalue weighted by molar-refractivity contribution is 0.0935. The molecule has 5 nitrogen and oxygen atoms in total. The Morgan fingerprint density at radius 3 is 2.43 bits per heavy atom. The molecule has 0 radical (unpaired) electrons. The Balaban J connectivity index is 2.91. The molecule has 0 saturated carbocycles. The zero-order valence-corrected chi connectivity index (χ0v) is 13.8. The Kier molecular flexibility index (Phi) is 5.92. The molecule has 0 spiro atoms. The number of carbonyl (C=O) groups is 1. The van der Waals surface area contributed by atoms with Crippen molar-refractivity contribution in [1.82, 2.24) is 5.32 Å². The Morgan fingerprint density at radius 2 is 1.90 bits per heavy atom. The molecule has 0 aliphatic heterocycles. The van der Waals surface area contributed by atoms with Gasteiger partial charge < -0.3 is 5.32 Å². The van der Waals surface area contributed by atoms with Crippen molar-refractivity contribution in [2.75, 3.05) is 0 Å². The Morgan fingerprint density at radius 1 is 1.29 bits per heavy atom. The second-order valence-corrected chi connectivity index (χ2v) is 7.26. The summed E-state index contributed by atoms with van der Waals surface area (Å²) in [6.07, 6.45) is 1.94. The van der Waals surface area contributed by atoms with Crippen molar-refractivity contribution in [2.24, 2.45) is 11.1 Å². The van der Waals surface area contributed by atoms with Crippen LogP contribution < -0.4 is 10.5 Å². The number of benzene rings is 1. The third-order valence-corrected chi connectivity index (χ3v) is 4.36. The van der Waals surface area contributed by atoms with Gasteiger partial charge in [0.15, 0.2) is 0 Å². The summed E-state index contributed by atoms with van der Waals surface area (Å²) in [7, 11) is -3.81. The first-order valence-corrected chi connectivity index (χ1v) is 8.63. The van der Waals surface area contributed by atoms with Crippen LogP contribution in [0.15, 0.2) is 23.1 Å². The zero-order chi connectivity index (χ0) is 16.2. The fourth-order valence-corrected chi connectivity index (χ4v) is 2.82. The van der Waals surface area contributed by atoms with Crippen LogP contribution in [-0.4, -0.2) is 20.4 Å².